The summed E-state index contributed by atoms with van der Waals surface area (Å²) < 4.78 is 23.4. The second-order valence-electron chi connectivity index (χ2n) is 13.9. The molecule has 8 aliphatic rings. The molecule has 208 valence electrons. The Kier molecular flexibility index (Phi) is 6.02. The molecule has 0 amide bonds. The molecule has 37 heavy (non-hydrogen) atoms. The van der Waals surface area contributed by atoms with E-state index in [0.29, 0.717) is 36.5 Å². The molecule has 12 atom stereocenters. The lowest BCUT2D eigenvalue weighted by molar-refractivity contribution is -0.114. The topological polar surface area (TPSA) is 73.5 Å². The number of hydrogen-bond donors (Lipinski definition) is 1. The van der Waals surface area contributed by atoms with E-state index < -0.39 is 0 Å². The van der Waals surface area contributed by atoms with Crippen molar-refractivity contribution in [3.63, 3.8) is 0 Å². The summed E-state index contributed by atoms with van der Waals surface area (Å²) >= 11 is 0. The first-order valence-electron chi connectivity index (χ1n) is 15.5. The molecule has 8 rings (SSSR count). The fraction of sp³-hybridized carbons (Fsp3) is 1.00. The summed E-state index contributed by atoms with van der Waals surface area (Å²) in [4.78, 5) is 7.90. The van der Waals surface area contributed by atoms with Crippen LogP contribution < -0.4 is 0 Å². The van der Waals surface area contributed by atoms with Gasteiger partial charge in [0.15, 0.2) is 12.6 Å². The van der Waals surface area contributed by atoms with E-state index in [1.165, 1.54) is 38.9 Å². The van der Waals surface area contributed by atoms with Crippen LogP contribution in [-0.4, -0.2) is 115 Å². The molecule has 0 aromatic rings. The van der Waals surface area contributed by atoms with Crippen molar-refractivity contribution in [3.05, 3.63) is 0 Å². The highest BCUT2D eigenvalue weighted by atomic mass is 16.8. The van der Waals surface area contributed by atoms with Gasteiger partial charge in [-0.3, -0.25) is 9.80 Å². The number of epoxide rings is 2. The molecule has 7 saturated heterocycles. The molecule has 7 aliphatic heterocycles. The predicted molar refractivity (Wildman–Crippen MR) is 136 cm³/mol. The zero-order valence-corrected chi connectivity index (χ0v) is 22.7. The fourth-order valence-electron chi connectivity index (χ4n) is 9.57. The first kappa shape index (κ1) is 24.5. The van der Waals surface area contributed by atoms with Crippen LogP contribution in [0.5, 0.6) is 0 Å². The SMILES string of the molecule is CC1C2COC3OC3C2CCC1C(CN1CCC2(CC1)CCN(C1COC3OC3C1C)C2O)N1CCC1. The third-order valence-corrected chi connectivity index (χ3v) is 12.4. The monoisotopic (exact) mass is 517 g/mol. The van der Waals surface area contributed by atoms with Gasteiger partial charge in [0.05, 0.1) is 13.2 Å². The summed E-state index contributed by atoms with van der Waals surface area (Å²) in [5.74, 6) is 3.28. The van der Waals surface area contributed by atoms with Crippen LogP contribution >= 0.6 is 0 Å². The van der Waals surface area contributed by atoms with Gasteiger partial charge in [0, 0.05) is 36.5 Å². The summed E-state index contributed by atoms with van der Waals surface area (Å²) in [5, 5.41) is 11.6. The molecule has 1 spiro atoms. The predicted octanol–water partition coefficient (Wildman–Crippen LogP) is 1.96. The molecule has 8 fully saturated rings. The Bertz CT molecular complexity index is 864. The summed E-state index contributed by atoms with van der Waals surface area (Å²) in [6, 6.07) is 0.942. The zero-order chi connectivity index (χ0) is 24.9. The molecule has 0 aromatic carbocycles. The van der Waals surface area contributed by atoms with Gasteiger partial charge in [0.2, 0.25) is 0 Å². The van der Waals surface area contributed by atoms with Crippen molar-refractivity contribution < 1.29 is 24.1 Å². The number of likely N-dealkylation sites (tertiary alicyclic amines) is 3. The standard InChI is InChI=1S/C29H47N3O5/c1-17-19(4-5-20-21(17)15-34-27-25(20)37-27)22(31-9-3-10-31)14-30-11-6-29(7-12-30)8-13-32(28(29)33)23-16-35-26-24(36-26)18(23)2/h17-28,33H,3-16H2,1-2H3. The number of aliphatic hydroxyl groups excluding tert-OH is 1. The maximum absolute atomic E-state index is 11.6. The van der Waals surface area contributed by atoms with E-state index in [4.69, 9.17) is 18.9 Å². The molecule has 8 nitrogen and oxygen atoms in total. The summed E-state index contributed by atoms with van der Waals surface area (Å²) in [6.45, 7) is 13.3. The number of aliphatic hydroxyl groups is 1. The molecular weight excluding hydrogens is 470 g/mol. The Hall–Kier alpha value is -0.320. The lowest BCUT2D eigenvalue weighted by Crippen LogP contribution is -2.59. The highest BCUT2D eigenvalue weighted by Crippen LogP contribution is 2.52. The van der Waals surface area contributed by atoms with Crippen LogP contribution in [0, 0.1) is 35.0 Å². The van der Waals surface area contributed by atoms with Gasteiger partial charge in [-0.2, -0.15) is 0 Å². The van der Waals surface area contributed by atoms with Gasteiger partial charge >= 0.3 is 0 Å². The third-order valence-electron chi connectivity index (χ3n) is 12.4. The van der Waals surface area contributed by atoms with Gasteiger partial charge < -0.3 is 29.0 Å². The molecule has 8 heteroatoms. The molecule has 7 heterocycles. The quantitative estimate of drug-likeness (QED) is 0.555. The van der Waals surface area contributed by atoms with Crippen molar-refractivity contribution in [2.75, 3.05) is 52.5 Å². The molecule has 1 saturated carbocycles. The van der Waals surface area contributed by atoms with Crippen molar-refractivity contribution in [1.82, 2.24) is 14.7 Å². The van der Waals surface area contributed by atoms with Crippen LogP contribution in [0.15, 0.2) is 0 Å². The minimum atomic E-state index is -0.345. The van der Waals surface area contributed by atoms with E-state index in [0.717, 1.165) is 57.3 Å². The summed E-state index contributed by atoms with van der Waals surface area (Å²) in [5.41, 5.74) is 0.0509. The van der Waals surface area contributed by atoms with E-state index in [9.17, 15) is 5.11 Å². The number of hydrogen-bond acceptors (Lipinski definition) is 8. The van der Waals surface area contributed by atoms with Crippen LogP contribution in [0.25, 0.3) is 0 Å². The van der Waals surface area contributed by atoms with Crippen LogP contribution in [0.3, 0.4) is 0 Å². The van der Waals surface area contributed by atoms with Crippen molar-refractivity contribution in [2.24, 2.45) is 35.0 Å². The molecule has 1 aliphatic carbocycles. The van der Waals surface area contributed by atoms with Gasteiger partial charge in [0.1, 0.15) is 18.4 Å². The molecule has 0 aromatic heterocycles. The molecule has 12 unspecified atom stereocenters. The van der Waals surface area contributed by atoms with Crippen molar-refractivity contribution >= 4 is 0 Å². The average Bonchev–Trinajstić information content (AvgIpc) is 3.79. The van der Waals surface area contributed by atoms with Gasteiger partial charge in [-0.05, 0) is 88.4 Å². The normalized spacial score (nSPS) is 52.1. The largest absolute Gasteiger partial charge is 0.378 e. The van der Waals surface area contributed by atoms with E-state index in [1.807, 2.05) is 0 Å². The minimum Gasteiger partial charge on any atom is -0.378 e. The van der Waals surface area contributed by atoms with E-state index in [-0.39, 0.29) is 36.4 Å². The van der Waals surface area contributed by atoms with Crippen LogP contribution in [0.1, 0.15) is 52.4 Å². The van der Waals surface area contributed by atoms with Crippen molar-refractivity contribution in [1.29, 1.82) is 0 Å². The minimum absolute atomic E-state index is 0.0184. The molecule has 1 N–H and O–H groups in total. The number of piperidine rings is 1. The summed E-state index contributed by atoms with van der Waals surface area (Å²) in [6.07, 6.45) is 7.76. The molecule has 0 radical (unpaired) electrons. The number of fused-ring (bicyclic) bond motifs is 4. The molecular formula is C29H47N3O5. The maximum atomic E-state index is 11.6. The second-order valence-corrected chi connectivity index (χ2v) is 13.9. The van der Waals surface area contributed by atoms with E-state index in [1.54, 1.807) is 0 Å². The van der Waals surface area contributed by atoms with E-state index >= 15 is 0 Å². The van der Waals surface area contributed by atoms with Crippen LogP contribution in [0.2, 0.25) is 0 Å². The van der Waals surface area contributed by atoms with Gasteiger partial charge in [0.25, 0.3) is 0 Å². The Morgan fingerprint density at radius 2 is 1.57 bits per heavy atom. The third kappa shape index (κ3) is 3.99. The molecule has 0 bridgehead atoms. The Balaban J connectivity index is 0.909. The first-order valence-corrected chi connectivity index (χ1v) is 15.5. The highest BCUT2D eigenvalue weighted by Gasteiger charge is 2.58. The Morgan fingerprint density at radius 3 is 2.35 bits per heavy atom. The number of ether oxygens (including phenoxy) is 4. The van der Waals surface area contributed by atoms with Gasteiger partial charge in [-0.1, -0.05) is 13.8 Å². The van der Waals surface area contributed by atoms with Gasteiger partial charge in [-0.25, -0.2) is 0 Å². The highest BCUT2D eigenvalue weighted by molar-refractivity contribution is 5.05. The van der Waals surface area contributed by atoms with Crippen LogP contribution in [-0.2, 0) is 18.9 Å². The maximum Gasteiger partial charge on any atom is 0.184 e. The van der Waals surface area contributed by atoms with E-state index in [2.05, 4.69) is 28.5 Å². The van der Waals surface area contributed by atoms with Crippen molar-refractivity contribution in [2.45, 2.75) is 95.5 Å². The lowest BCUT2D eigenvalue weighted by atomic mass is 9.63. The summed E-state index contributed by atoms with van der Waals surface area (Å²) in [7, 11) is 0. The Morgan fingerprint density at radius 1 is 0.838 bits per heavy atom. The zero-order valence-electron chi connectivity index (χ0n) is 22.7. The fourth-order valence-corrected chi connectivity index (χ4v) is 9.57. The number of rotatable bonds is 5. The average molecular weight is 518 g/mol. The smallest absolute Gasteiger partial charge is 0.184 e. The first-order chi connectivity index (χ1) is 18.0. The Labute approximate surface area is 221 Å². The lowest BCUT2D eigenvalue weighted by Gasteiger charge is -2.52. The second kappa shape index (κ2) is 9.10. The van der Waals surface area contributed by atoms with Crippen LogP contribution in [0.4, 0.5) is 0 Å². The van der Waals surface area contributed by atoms with Gasteiger partial charge in [-0.15, -0.1) is 0 Å². The number of nitrogens with zero attached hydrogens (tertiary/aromatic N) is 3. The van der Waals surface area contributed by atoms with Crippen molar-refractivity contribution in [3.8, 4) is 0 Å².